The van der Waals surface area contributed by atoms with E-state index in [2.05, 4.69) is 0 Å². The van der Waals surface area contributed by atoms with Gasteiger partial charge in [-0.1, -0.05) is 0 Å². The van der Waals surface area contributed by atoms with Crippen LogP contribution in [0.25, 0.3) is 0 Å². The van der Waals surface area contributed by atoms with Gasteiger partial charge in [0, 0.05) is 13.2 Å². The van der Waals surface area contributed by atoms with E-state index in [1.165, 1.54) is 7.11 Å². The average molecular weight is 307 g/mol. The highest BCUT2D eigenvalue weighted by molar-refractivity contribution is 6.03. The second kappa shape index (κ2) is 6.36. The van der Waals surface area contributed by atoms with Gasteiger partial charge >= 0.3 is 5.97 Å². The summed E-state index contributed by atoms with van der Waals surface area (Å²) in [5, 5.41) is 0. The maximum atomic E-state index is 12.6. The molecule has 1 aliphatic rings. The van der Waals surface area contributed by atoms with E-state index in [0.717, 1.165) is 0 Å². The molecule has 0 saturated carbocycles. The molecule has 0 aliphatic carbocycles. The molecule has 1 aromatic rings. The first kappa shape index (κ1) is 16.3. The molecular formula is C16H21NO5. The van der Waals surface area contributed by atoms with E-state index in [9.17, 15) is 9.59 Å². The number of rotatable bonds is 5. The largest absolute Gasteiger partial charge is 0.476 e. The molecule has 0 atom stereocenters. The molecule has 1 aliphatic heterocycles. The van der Waals surface area contributed by atoms with Crippen LogP contribution in [0.3, 0.4) is 0 Å². The molecule has 1 aromatic carbocycles. The molecule has 1 amide bonds. The van der Waals surface area contributed by atoms with Gasteiger partial charge in [-0.25, -0.2) is 4.79 Å². The number of carbonyl (C=O) groups is 2. The number of esters is 1. The Morgan fingerprint density at radius 2 is 2.09 bits per heavy atom. The van der Waals surface area contributed by atoms with Crippen LogP contribution < -0.4 is 9.64 Å². The third-order valence-electron chi connectivity index (χ3n) is 3.46. The van der Waals surface area contributed by atoms with Crippen molar-refractivity contribution >= 4 is 17.6 Å². The highest BCUT2D eigenvalue weighted by Crippen LogP contribution is 2.38. The van der Waals surface area contributed by atoms with Gasteiger partial charge in [0.2, 0.25) is 0 Å². The van der Waals surface area contributed by atoms with Gasteiger partial charge in [0.1, 0.15) is 5.75 Å². The Hall–Kier alpha value is -2.08. The number of fused-ring (bicyclic) bond motifs is 1. The zero-order chi connectivity index (χ0) is 16.3. The molecule has 0 fully saturated rings. The second-order valence-electron chi connectivity index (χ2n) is 5.44. The number of amides is 1. The lowest BCUT2D eigenvalue weighted by Gasteiger charge is -2.38. The van der Waals surface area contributed by atoms with Crippen molar-refractivity contribution in [3.63, 3.8) is 0 Å². The minimum atomic E-state index is -0.952. The van der Waals surface area contributed by atoms with E-state index >= 15 is 0 Å². The van der Waals surface area contributed by atoms with Crippen molar-refractivity contribution in [2.75, 3.05) is 31.8 Å². The quantitative estimate of drug-likeness (QED) is 0.615. The van der Waals surface area contributed by atoms with Crippen molar-refractivity contribution in [1.82, 2.24) is 0 Å². The summed E-state index contributed by atoms with van der Waals surface area (Å²) in [4.78, 5) is 25.9. The molecule has 0 spiro atoms. The van der Waals surface area contributed by atoms with Gasteiger partial charge in [-0.15, -0.1) is 0 Å². The van der Waals surface area contributed by atoms with Crippen LogP contribution in [0, 0.1) is 0 Å². The van der Waals surface area contributed by atoms with Crippen molar-refractivity contribution in [2.24, 2.45) is 0 Å². The van der Waals surface area contributed by atoms with Crippen molar-refractivity contribution in [3.05, 3.63) is 23.8 Å². The summed E-state index contributed by atoms with van der Waals surface area (Å²) in [7, 11) is 1.32. The SMILES string of the molecule is CCOCCN1C(=O)C(C)(C)Oc2ccc(C(=O)OC)cc21. The second-order valence-corrected chi connectivity index (χ2v) is 5.44. The maximum Gasteiger partial charge on any atom is 0.337 e. The van der Waals surface area contributed by atoms with Gasteiger partial charge in [0.05, 0.1) is 25.0 Å². The van der Waals surface area contributed by atoms with E-state index in [-0.39, 0.29) is 5.91 Å². The van der Waals surface area contributed by atoms with E-state index in [1.807, 2.05) is 6.92 Å². The molecule has 0 bridgehead atoms. The van der Waals surface area contributed by atoms with E-state index in [4.69, 9.17) is 14.2 Å². The Bertz CT molecular complexity index is 582. The van der Waals surface area contributed by atoms with Gasteiger partial charge in [0.15, 0.2) is 5.60 Å². The van der Waals surface area contributed by atoms with Crippen molar-refractivity contribution in [1.29, 1.82) is 0 Å². The number of anilines is 1. The molecular weight excluding hydrogens is 286 g/mol. The molecule has 120 valence electrons. The van der Waals surface area contributed by atoms with Crippen LogP contribution in [0.2, 0.25) is 0 Å². The van der Waals surface area contributed by atoms with Crippen LogP contribution in [-0.2, 0) is 14.3 Å². The molecule has 1 heterocycles. The van der Waals surface area contributed by atoms with E-state index in [0.29, 0.717) is 36.8 Å². The Balaban J connectivity index is 2.39. The first-order chi connectivity index (χ1) is 10.4. The molecule has 0 saturated heterocycles. The third kappa shape index (κ3) is 3.06. The van der Waals surface area contributed by atoms with Gasteiger partial charge in [-0.3, -0.25) is 4.79 Å². The molecule has 0 aromatic heterocycles. The predicted octanol–water partition coefficient (Wildman–Crippen LogP) is 2.01. The van der Waals surface area contributed by atoms with E-state index in [1.54, 1.807) is 36.9 Å². The monoisotopic (exact) mass is 307 g/mol. The molecule has 0 radical (unpaired) electrons. The van der Waals surface area contributed by atoms with Crippen molar-refractivity contribution in [3.8, 4) is 5.75 Å². The lowest BCUT2D eigenvalue weighted by molar-refractivity contribution is -0.132. The Morgan fingerprint density at radius 1 is 1.36 bits per heavy atom. The Labute approximate surface area is 129 Å². The number of benzene rings is 1. The molecule has 0 N–H and O–H groups in total. The molecule has 0 unspecified atom stereocenters. The molecule has 2 rings (SSSR count). The summed E-state index contributed by atoms with van der Waals surface area (Å²) in [6, 6.07) is 4.92. The highest BCUT2D eigenvalue weighted by atomic mass is 16.5. The summed E-state index contributed by atoms with van der Waals surface area (Å²) in [6.45, 7) is 6.74. The topological polar surface area (TPSA) is 65.1 Å². The normalized spacial score (nSPS) is 16.0. The van der Waals surface area contributed by atoms with Gasteiger partial charge in [-0.05, 0) is 39.0 Å². The summed E-state index contributed by atoms with van der Waals surface area (Å²) in [6.07, 6.45) is 0. The smallest absolute Gasteiger partial charge is 0.337 e. The van der Waals surface area contributed by atoms with Crippen molar-refractivity contribution < 1.29 is 23.8 Å². The number of methoxy groups -OCH3 is 1. The van der Waals surface area contributed by atoms with Crippen LogP contribution in [0.15, 0.2) is 18.2 Å². The zero-order valence-corrected chi connectivity index (χ0v) is 13.3. The van der Waals surface area contributed by atoms with Gasteiger partial charge in [0.25, 0.3) is 5.91 Å². The van der Waals surface area contributed by atoms with Gasteiger partial charge in [-0.2, -0.15) is 0 Å². The fraction of sp³-hybridized carbons (Fsp3) is 0.500. The van der Waals surface area contributed by atoms with Crippen LogP contribution in [0.1, 0.15) is 31.1 Å². The maximum absolute atomic E-state index is 12.6. The summed E-state index contributed by atoms with van der Waals surface area (Å²) >= 11 is 0. The highest BCUT2D eigenvalue weighted by Gasteiger charge is 2.41. The predicted molar refractivity (Wildman–Crippen MR) is 81.3 cm³/mol. The Morgan fingerprint density at radius 3 is 2.73 bits per heavy atom. The number of nitrogens with zero attached hydrogens (tertiary/aromatic N) is 1. The first-order valence-corrected chi connectivity index (χ1v) is 7.21. The Kier molecular flexibility index (Phi) is 4.71. The minimum Gasteiger partial charge on any atom is -0.476 e. The fourth-order valence-corrected chi connectivity index (χ4v) is 2.33. The van der Waals surface area contributed by atoms with Crippen LogP contribution in [0.4, 0.5) is 5.69 Å². The first-order valence-electron chi connectivity index (χ1n) is 7.21. The fourth-order valence-electron chi connectivity index (χ4n) is 2.33. The van der Waals surface area contributed by atoms with Gasteiger partial charge < -0.3 is 19.1 Å². The molecule has 6 nitrogen and oxygen atoms in total. The van der Waals surface area contributed by atoms with Crippen LogP contribution in [-0.4, -0.2) is 44.3 Å². The van der Waals surface area contributed by atoms with Crippen LogP contribution in [0.5, 0.6) is 5.75 Å². The minimum absolute atomic E-state index is 0.165. The molecule has 6 heteroatoms. The third-order valence-corrected chi connectivity index (χ3v) is 3.46. The number of hydrogen-bond donors (Lipinski definition) is 0. The number of carbonyl (C=O) groups excluding carboxylic acids is 2. The van der Waals surface area contributed by atoms with Crippen LogP contribution >= 0.6 is 0 Å². The lowest BCUT2D eigenvalue weighted by atomic mass is 10.0. The summed E-state index contributed by atoms with van der Waals surface area (Å²) < 4.78 is 15.8. The molecule has 22 heavy (non-hydrogen) atoms. The lowest BCUT2D eigenvalue weighted by Crippen LogP contribution is -2.53. The van der Waals surface area contributed by atoms with Crippen molar-refractivity contribution in [2.45, 2.75) is 26.4 Å². The van der Waals surface area contributed by atoms with E-state index < -0.39 is 11.6 Å². The summed E-state index contributed by atoms with van der Waals surface area (Å²) in [5.41, 5.74) is -0.0166. The standard InChI is InChI=1S/C16H21NO5/c1-5-21-9-8-17-12-10-11(14(18)20-4)6-7-13(12)22-16(2,3)15(17)19/h6-7,10H,5,8-9H2,1-4H3. The summed E-state index contributed by atoms with van der Waals surface area (Å²) in [5.74, 6) is -0.0553. The zero-order valence-electron chi connectivity index (χ0n) is 13.3. The average Bonchev–Trinajstić information content (AvgIpc) is 2.49. The number of hydrogen-bond acceptors (Lipinski definition) is 5. The number of ether oxygens (including phenoxy) is 3.